The lowest BCUT2D eigenvalue weighted by atomic mass is 9.60. The third-order valence-corrected chi connectivity index (χ3v) is 8.96. The second-order valence-corrected chi connectivity index (χ2v) is 11.4. The smallest absolute Gasteiger partial charge is 0.182 e. The molecule has 17 heteroatoms. The van der Waals surface area contributed by atoms with E-state index in [9.17, 15) is 46.0 Å². The fourth-order valence-electron chi connectivity index (χ4n) is 5.50. The third kappa shape index (κ3) is 5.09. The quantitative estimate of drug-likeness (QED) is 0.125. The molecule has 15 N–H and O–H groups in total. The molecule has 3 fully saturated rings. The van der Waals surface area contributed by atoms with Gasteiger partial charge in [-0.2, -0.15) is 0 Å². The van der Waals surface area contributed by atoms with Crippen LogP contribution in [0.3, 0.4) is 0 Å². The summed E-state index contributed by atoms with van der Waals surface area (Å²) >= 11 is 0. The fourth-order valence-corrected chi connectivity index (χ4v) is 5.50. The Hall–Kier alpha value is -0.680. The summed E-state index contributed by atoms with van der Waals surface area (Å²) in [6.45, 7) is 2.52. The first-order valence-corrected chi connectivity index (χ1v) is 13.0. The van der Waals surface area contributed by atoms with E-state index in [-0.39, 0.29) is 0 Å². The van der Waals surface area contributed by atoms with E-state index in [4.69, 9.17) is 40.9 Å². The van der Waals surface area contributed by atoms with Crippen molar-refractivity contribution in [2.45, 2.75) is 124 Å². The molecule has 0 aromatic heterocycles. The van der Waals surface area contributed by atoms with Gasteiger partial charge in [0.2, 0.25) is 0 Å². The van der Waals surface area contributed by atoms with Crippen LogP contribution in [0.1, 0.15) is 27.7 Å². The summed E-state index contributed by atoms with van der Waals surface area (Å²) in [5.41, 5.74) is 9.61. The Bertz CT molecular complexity index is 865. The molecule has 0 aromatic carbocycles. The number of hydrogen-bond acceptors (Lipinski definition) is 17. The van der Waals surface area contributed by atoms with Crippen molar-refractivity contribution in [3.63, 3.8) is 0 Å². The molecule has 40 heavy (non-hydrogen) atoms. The summed E-state index contributed by atoms with van der Waals surface area (Å²) in [6.07, 6.45) is -15.3. The Balaban J connectivity index is 1.89. The number of ether oxygens (including phenoxy) is 5. The first-order chi connectivity index (χ1) is 18.4. The molecular formula is C23H45N3O14. The highest BCUT2D eigenvalue weighted by molar-refractivity contribution is 5.23. The summed E-state index contributed by atoms with van der Waals surface area (Å²) in [5, 5.41) is 94.5. The van der Waals surface area contributed by atoms with E-state index in [0.717, 1.165) is 6.92 Å². The molecule has 3 saturated heterocycles. The molecule has 16 atom stereocenters. The summed E-state index contributed by atoms with van der Waals surface area (Å²) in [4.78, 5) is 0. The molecule has 0 aromatic rings. The van der Waals surface area contributed by atoms with Crippen LogP contribution in [0.4, 0.5) is 0 Å². The second kappa shape index (κ2) is 11.8. The molecule has 0 radical (unpaired) electrons. The van der Waals surface area contributed by atoms with E-state index in [0.29, 0.717) is 0 Å². The van der Waals surface area contributed by atoms with Gasteiger partial charge in [0.15, 0.2) is 18.9 Å². The van der Waals surface area contributed by atoms with Crippen LogP contribution in [0, 0.1) is 0 Å². The molecule has 3 heterocycles. The molecule has 0 amide bonds. The van der Waals surface area contributed by atoms with Crippen molar-refractivity contribution < 1.29 is 69.6 Å². The molecule has 0 bridgehead atoms. The summed E-state index contributed by atoms with van der Waals surface area (Å²) in [7, 11) is 0. The Morgan fingerprint density at radius 2 is 1.32 bits per heavy atom. The first-order valence-electron chi connectivity index (χ1n) is 13.0. The topological polar surface area (TPSA) is 306 Å². The van der Waals surface area contributed by atoms with Crippen molar-refractivity contribution in [3.8, 4) is 0 Å². The predicted octanol–water partition coefficient (Wildman–Crippen LogP) is -6.75. The van der Waals surface area contributed by atoms with Crippen molar-refractivity contribution in [3.05, 3.63) is 0 Å². The van der Waals surface area contributed by atoms with Gasteiger partial charge in [-0.15, -0.1) is 0 Å². The Kier molecular flexibility index (Phi) is 9.96. The van der Waals surface area contributed by atoms with E-state index >= 15 is 0 Å². The van der Waals surface area contributed by atoms with Crippen LogP contribution in [0.25, 0.3) is 0 Å². The highest BCUT2D eigenvalue weighted by Gasteiger charge is 2.73. The van der Waals surface area contributed by atoms with E-state index in [1.165, 1.54) is 20.8 Å². The lowest BCUT2D eigenvalue weighted by Gasteiger charge is -2.64. The molecular weight excluding hydrogens is 542 g/mol. The zero-order chi connectivity index (χ0) is 30.6. The summed E-state index contributed by atoms with van der Waals surface area (Å²) < 4.78 is 28.4. The average molecular weight is 588 g/mol. The first kappa shape index (κ1) is 33.8. The van der Waals surface area contributed by atoms with Crippen LogP contribution >= 0.6 is 0 Å². The number of rotatable bonds is 8. The van der Waals surface area contributed by atoms with Gasteiger partial charge in [0.25, 0.3) is 0 Å². The number of nitrogens with two attached hydrogens (primary N) is 3. The Morgan fingerprint density at radius 1 is 0.825 bits per heavy atom. The summed E-state index contributed by atoms with van der Waals surface area (Å²) in [6, 6.07) is -2.74. The van der Waals surface area contributed by atoms with Gasteiger partial charge in [-0.05, 0) is 27.7 Å². The predicted molar refractivity (Wildman–Crippen MR) is 132 cm³/mol. The van der Waals surface area contributed by atoms with E-state index < -0.39 is 116 Å². The van der Waals surface area contributed by atoms with Gasteiger partial charge in [0.05, 0.1) is 38.0 Å². The van der Waals surface area contributed by atoms with Gasteiger partial charge in [0.1, 0.15) is 59.0 Å². The minimum absolute atomic E-state index is 0.685. The van der Waals surface area contributed by atoms with Gasteiger partial charge < -0.3 is 86.8 Å². The lowest BCUT2D eigenvalue weighted by Crippen LogP contribution is -2.87. The normalized spacial score (nSPS) is 54.8. The molecule has 0 aliphatic carbocycles. The fraction of sp³-hybridized carbons (Fsp3) is 1.00. The zero-order valence-corrected chi connectivity index (χ0v) is 22.8. The molecule has 3 rings (SSSR count). The van der Waals surface area contributed by atoms with E-state index in [1.54, 1.807) is 0 Å². The van der Waals surface area contributed by atoms with Crippen molar-refractivity contribution >= 4 is 0 Å². The second-order valence-electron chi connectivity index (χ2n) is 11.4. The van der Waals surface area contributed by atoms with Gasteiger partial charge >= 0.3 is 0 Å². The zero-order valence-electron chi connectivity index (χ0n) is 22.8. The Morgan fingerprint density at radius 3 is 1.82 bits per heavy atom. The molecule has 17 nitrogen and oxygen atoms in total. The highest BCUT2D eigenvalue weighted by Crippen LogP contribution is 2.50. The lowest BCUT2D eigenvalue weighted by molar-refractivity contribution is -0.411. The van der Waals surface area contributed by atoms with Crippen LogP contribution in [0.2, 0.25) is 0 Å². The SMILES string of the molecule is CC(O)[C@]1(N)[C@@H](OC2[C@@H](CO)O[C@@H](OC3[C@@H](CO)O[C@@H](O)[C@H](N)[C@H]3O)[C@H](N)[C@H]2O)O[C@](C)(CO)[C@@](C)(O)[C@]1(C)O. The van der Waals surface area contributed by atoms with Crippen LogP contribution < -0.4 is 17.2 Å². The molecule has 0 saturated carbocycles. The molecule has 3 aliphatic rings. The van der Waals surface area contributed by atoms with Crippen molar-refractivity contribution in [2.24, 2.45) is 17.2 Å². The van der Waals surface area contributed by atoms with Gasteiger partial charge in [-0.25, -0.2) is 0 Å². The van der Waals surface area contributed by atoms with Crippen molar-refractivity contribution in [2.75, 3.05) is 19.8 Å². The minimum Gasteiger partial charge on any atom is -0.394 e. The maximum atomic E-state index is 11.5. The van der Waals surface area contributed by atoms with Gasteiger partial charge in [0, 0.05) is 0 Å². The van der Waals surface area contributed by atoms with Crippen molar-refractivity contribution in [1.82, 2.24) is 0 Å². The maximum absolute atomic E-state index is 11.5. The highest BCUT2D eigenvalue weighted by atomic mass is 16.7. The van der Waals surface area contributed by atoms with Crippen LogP contribution in [-0.4, -0.2) is 162 Å². The molecule has 3 unspecified atom stereocenters. The van der Waals surface area contributed by atoms with Gasteiger partial charge in [-0.3, -0.25) is 0 Å². The third-order valence-electron chi connectivity index (χ3n) is 8.96. The number of aliphatic hydroxyl groups is 9. The monoisotopic (exact) mass is 587 g/mol. The number of hydrogen-bond donors (Lipinski definition) is 12. The van der Waals surface area contributed by atoms with Crippen LogP contribution in [0.5, 0.6) is 0 Å². The summed E-state index contributed by atoms with van der Waals surface area (Å²) in [5.74, 6) is 0. The Labute approximate surface area is 230 Å². The van der Waals surface area contributed by atoms with Gasteiger partial charge in [-0.1, -0.05) is 0 Å². The van der Waals surface area contributed by atoms with Crippen LogP contribution in [-0.2, 0) is 23.7 Å². The minimum atomic E-state index is -2.36. The van der Waals surface area contributed by atoms with Crippen molar-refractivity contribution in [1.29, 1.82) is 0 Å². The largest absolute Gasteiger partial charge is 0.394 e. The average Bonchev–Trinajstić information content (AvgIpc) is 2.90. The van der Waals surface area contributed by atoms with Crippen LogP contribution in [0.15, 0.2) is 0 Å². The molecule has 3 aliphatic heterocycles. The van der Waals surface area contributed by atoms with E-state index in [2.05, 4.69) is 0 Å². The number of aliphatic hydroxyl groups excluding tert-OH is 7. The molecule has 0 spiro atoms. The molecule has 236 valence electrons. The van der Waals surface area contributed by atoms with E-state index in [1.807, 2.05) is 0 Å². The standard InChI is InChI=1S/C23H45N3O14/c1-8(30)23(26)19(40-20(2,7-29)21(3,34)22(23,4)35)39-16-10(6-28)37-18(12(25)14(16)32)38-15-9(5-27)36-17(33)11(24)13(15)31/h8-19,27-35H,5-7,24-26H2,1-4H3/t8?,9-,10-,11-,12-,13-,14-,15?,16?,17-,18+,19+,20-,21-,22+,23+/m1/s1. The maximum Gasteiger partial charge on any atom is 0.182 e.